The van der Waals surface area contributed by atoms with Crippen molar-refractivity contribution in [2.45, 2.75) is 19.9 Å². The summed E-state index contributed by atoms with van der Waals surface area (Å²) in [4.78, 5) is 33.4. The Morgan fingerprint density at radius 3 is 2.56 bits per heavy atom. The van der Waals surface area contributed by atoms with Gasteiger partial charge in [0, 0.05) is 19.2 Å². The van der Waals surface area contributed by atoms with Gasteiger partial charge in [0.05, 0.1) is 42.5 Å². The average molecular weight is 509 g/mol. The summed E-state index contributed by atoms with van der Waals surface area (Å²) in [6.07, 6.45) is 0. The van der Waals surface area contributed by atoms with Crippen molar-refractivity contribution in [3.05, 3.63) is 76.0 Å². The van der Waals surface area contributed by atoms with Gasteiger partial charge in [-0.2, -0.15) is 0 Å². The van der Waals surface area contributed by atoms with Crippen LogP contribution in [0.2, 0.25) is 0 Å². The molecule has 1 aliphatic heterocycles. The summed E-state index contributed by atoms with van der Waals surface area (Å²) in [5.41, 5.74) is 2.04. The number of benzene rings is 2. The third-order valence-electron chi connectivity index (χ3n) is 5.91. The number of carbonyl (C=O) groups is 2. The van der Waals surface area contributed by atoms with Crippen molar-refractivity contribution in [2.75, 3.05) is 34.0 Å². The number of Topliss-reactive ketones (excluding diaryl/α,β-unsaturated/α-hetero) is 1. The molecule has 2 aromatic carbocycles. The summed E-state index contributed by atoms with van der Waals surface area (Å²) >= 11 is 1.24. The van der Waals surface area contributed by atoms with Crippen LogP contribution in [0.25, 0.3) is 10.6 Å². The van der Waals surface area contributed by atoms with Gasteiger partial charge < -0.3 is 24.2 Å². The number of aryl methyl sites for hydroxylation is 1. The maximum absolute atomic E-state index is 13.9. The average Bonchev–Trinajstić information content (AvgIpc) is 3.40. The first kappa shape index (κ1) is 25.4. The molecular weight excluding hydrogens is 480 g/mol. The lowest BCUT2D eigenvalue weighted by Crippen LogP contribution is -2.34. The van der Waals surface area contributed by atoms with E-state index in [0.717, 1.165) is 5.56 Å². The first-order valence-electron chi connectivity index (χ1n) is 11.5. The molecule has 1 aliphatic rings. The summed E-state index contributed by atoms with van der Waals surface area (Å²) in [6.45, 7) is 4.50. The number of nitrogens with zero attached hydrogens (tertiary/aromatic N) is 2. The number of aliphatic hydroxyl groups is 1. The number of hydrogen-bond acceptors (Lipinski definition) is 8. The number of thiazole rings is 1. The number of aliphatic hydroxyl groups excluding tert-OH is 1. The largest absolute Gasteiger partial charge is 0.503 e. The third-order valence-corrected chi connectivity index (χ3v) is 7.12. The molecule has 1 amide bonds. The topological polar surface area (TPSA) is 98.2 Å². The van der Waals surface area contributed by atoms with Crippen molar-refractivity contribution in [2.24, 2.45) is 0 Å². The zero-order valence-corrected chi connectivity index (χ0v) is 21.4. The van der Waals surface area contributed by atoms with Gasteiger partial charge in [0.15, 0.2) is 17.3 Å². The first-order chi connectivity index (χ1) is 17.4. The number of ether oxygens (including phenoxy) is 3. The molecule has 1 atom stereocenters. The Bertz CT molecular complexity index is 1300. The highest BCUT2D eigenvalue weighted by atomic mass is 32.1. The number of rotatable bonds is 10. The quantitative estimate of drug-likeness (QED) is 0.395. The molecule has 2 heterocycles. The normalized spacial score (nSPS) is 15.5. The van der Waals surface area contributed by atoms with Gasteiger partial charge in [0.25, 0.3) is 5.91 Å². The van der Waals surface area contributed by atoms with E-state index >= 15 is 0 Å². The monoisotopic (exact) mass is 508 g/mol. The van der Waals surface area contributed by atoms with Crippen LogP contribution >= 0.6 is 11.3 Å². The van der Waals surface area contributed by atoms with Crippen molar-refractivity contribution < 1.29 is 28.9 Å². The fourth-order valence-electron chi connectivity index (χ4n) is 4.22. The van der Waals surface area contributed by atoms with Crippen LogP contribution in [0.4, 0.5) is 0 Å². The summed E-state index contributed by atoms with van der Waals surface area (Å²) in [5.74, 6) is -0.618. The molecule has 1 N–H and O–H groups in total. The van der Waals surface area contributed by atoms with Gasteiger partial charge in [0.2, 0.25) is 5.78 Å². The van der Waals surface area contributed by atoms with Crippen molar-refractivity contribution in [3.63, 3.8) is 0 Å². The molecule has 0 spiro atoms. The van der Waals surface area contributed by atoms with Crippen LogP contribution in [0.15, 0.2) is 59.9 Å². The Labute approximate surface area is 213 Å². The van der Waals surface area contributed by atoms with E-state index < -0.39 is 23.5 Å². The van der Waals surface area contributed by atoms with E-state index in [-0.39, 0.29) is 18.7 Å². The van der Waals surface area contributed by atoms with Crippen LogP contribution in [-0.4, -0.2) is 60.7 Å². The van der Waals surface area contributed by atoms with Crippen molar-refractivity contribution in [1.82, 2.24) is 9.88 Å². The van der Waals surface area contributed by atoms with Gasteiger partial charge in [0.1, 0.15) is 5.01 Å². The second-order valence-corrected chi connectivity index (χ2v) is 9.13. The number of hydrogen-bond donors (Lipinski definition) is 1. The molecule has 3 aromatic rings. The molecule has 1 aromatic heterocycles. The zero-order chi connectivity index (χ0) is 25.8. The molecule has 0 radical (unpaired) electrons. The Balaban J connectivity index is 1.79. The Hall–Kier alpha value is -3.69. The molecule has 4 rings (SSSR count). The van der Waals surface area contributed by atoms with Gasteiger partial charge in [-0.25, -0.2) is 4.98 Å². The molecule has 0 fully saturated rings. The number of ketones is 1. The molecular formula is C27H28N2O6S. The number of aromatic nitrogens is 1. The van der Waals surface area contributed by atoms with E-state index in [1.54, 1.807) is 25.1 Å². The molecule has 0 saturated heterocycles. The first-order valence-corrected chi connectivity index (χ1v) is 12.3. The standard InChI is InChI=1S/C27H28N2O6S/c1-5-35-19-12-11-18(15-20(19)34-4)22-21(24(31)27(32)29(22)13-14-33-3)23(30)25-16(2)28-26(36-25)17-9-7-6-8-10-17/h6-12,15,22,31H,5,13-14H2,1-4H3. The van der Waals surface area contributed by atoms with Crippen LogP contribution in [0.5, 0.6) is 11.5 Å². The van der Waals surface area contributed by atoms with E-state index in [2.05, 4.69) is 4.98 Å². The van der Waals surface area contributed by atoms with Gasteiger partial charge in [-0.1, -0.05) is 36.4 Å². The number of carbonyl (C=O) groups excluding carboxylic acids is 2. The van der Waals surface area contributed by atoms with E-state index in [0.29, 0.717) is 39.2 Å². The Morgan fingerprint density at radius 1 is 1.14 bits per heavy atom. The van der Waals surface area contributed by atoms with Crippen molar-refractivity contribution >= 4 is 23.0 Å². The van der Waals surface area contributed by atoms with Gasteiger partial charge >= 0.3 is 0 Å². The van der Waals surface area contributed by atoms with Crippen molar-refractivity contribution in [3.8, 4) is 22.1 Å². The minimum absolute atomic E-state index is 0.00803. The van der Waals surface area contributed by atoms with Crippen LogP contribution < -0.4 is 9.47 Å². The molecule has 0 aliphatic carbocycles. The molecule has 9 heteroatoms. The van der Waals surface area contributed by atoms with Gasteiger partial charge in [-0.3, -0.25) is 9.59 Å². The minimum atomic E-state index is -0.827. The highest BCUT2D eigenvalue weighted by molar-refractivity contribution is 7.17. The van der Waals surface area contributed by atoms with Crippen LogP contribution in [0.3, 0.4) is 0 Å². The summed E-state index contributed by atoms with van der Waals surface area (Å²) in [6, 6.07) is 14.0. The van der Waals surface area contributed by atoms with E-state index in [4.69, 9.17) is 14.2 Å². The molecule has 0 bridgehead atoms. The summed E-state index contributed by atoms with van der Waals surface area (Å²) < 4.78 is 16.3. The van der Waals surface area contributed by atoms with Crippen molar-refractivity contribution in [1.29, 1.82) is 0 Å². The van der Waals surface area contributed by atoms with Gasteiger partial charge in [-0.15, -0.1) is 11.3 Å². The maximum Gasteiger partial charge on any atom is 0.290 e. The second kappa shape index (κ2) is 10.9. The lowest BCUT2D eigenvalue weighted by atomic mass is 9.94. The maximum atomic E-state index is 13.9. The third kappa shape index (κ3) is 4.72. The highest BCUT2D eigenvalue weighted by Crippen LogP contribution is 2.43. The second-order valence-electron chi connectivity index (χ2n) is 8.13. The van der Waals surface area contributed by atoms with E-state index in [1.807, 2.05) is 37.3 Å². The molecule has 0 saturated carbocycles. The SMILES string of the molecule is CCOc1ccc(C2C(C(=O)c3sc(-c4ccccc4)nc3C)=C(O)C(=O)N2CCOC)cc1OC. The minimum Gasteiger partial charge on any atom is -0.503 e. The van der Waals surface area contributed by atoms with Crippen LogP contribution in [0, 0.1) is 6.92 Å². The summed E-state index contributed by atoms with van der Waals surface area (Å²) in [5, 5.41) is 11.6. The lowest BCUT2D eigenvalue weighted by molar-refractivity contribution is -0.130. The zero-order valence-electron chi connectivity index (χ0n) is 20.6. The van der Waals surface area contributed by atoms with Crippen LogP contribution in [0.1, 0.15) is 33.9 Å². The molecule has 188 valence electrons. The smallest absolute Gasteiger partial charge is 0.290 e. The predicted octanol–water partition coefficient (Wildman–Crippen LogP) is 4.75. The van der Waals surface area contributed by atoms with E-state index in [9.17, 15) is 14.7 Å². The molecule has 8 nitrogen and oxygen atoms in total. The summed E-state index contributed by atoms with van der Waals surface area (Å²) in [7, 11) is 3.05. The Morgan fingerprint density at radius 2 is 1.89 bits per heavy atom. The predicted molar refractivity (Wildman–Crippen MR) is 137 cm³/mol. The fraction of sp³-hybridized carbons (Fsp3) is 0.296. The number of methoxy groups -OCH3 is 2. The van der Waals surface area contributed by atoms with Gasteiger partial charge in [-0.05, 0) is 31.5 Å². The Kier molecular flexibility index (Phi) is 7.71. The molecule has 36 heavy (non-hydrogen) atoms. The fourth-order valence-corrected chi connectivity index (χ4v) is 5.24. The highest BCUT2D eigenvalue weighted by Gasteiger charge is 2.44. The number of amides is 1. The van der Waals surface area contributed by atoms with E-state index in [1.165, 1.54) is 30.5 Å². The van der Waals surface area contributed by atoms with Crippen LogP contribution in [-0.2, 0) is 9.53 Å². The lowest BCUT2D eigenvalue weighted by Gasteiger charge is -2.27. The molecule has 1 unspecified atom stereocenters.